The standard InChI is InChI=1S/C16H18FNO.C13H12FNO3.C11H9BrFNO/c17-13-8-7-11-5-6-12(15(11)10-13)9-16(19)18-14-3-1-2-4-14;1-7(16)18-12-4-8-2-3-9(14)5-10(8)11(12)6-13(15)17;12-10-3-6-1-2-7(13)4-8(6)9(10)5-11(14)15/h7-10,14H,1-6H2,(H,18,19);2-3,5-6,12H,4H2,1H3,(H2,15,17);1-2,4-5,10H,3H2,(H2,14,15)/b12-9+;11-6-;9-5-. The number of nitrogens with two attached hydrogens (primary N) is 2. The van der Waals surface area contributed by atoms with Crippen molar-refractivity contribution < 1.29 is 37.1 Å². The van der Waals surface area contributed by atoms with E-state index in [1.54, 1.807) is 18.2 Å². The Morgan fingerprint density at radius 2 is 1.25 bits per heavy atom. The molecule has 0 radical (unpaired) electrons. The second-order valence-corrected chi connectivity index (χ2v) is 14.1. The number of carbonyl (C=O) groups is 4. The first-order valence-corrected chi connectivity index (χ1v) is 17.9. The number of amides is 3. The lowest BCUT2D eigenvalue weighted by atomic mass is 10.1. The molecule has 2 unspecified atom stereocenters. The molecule has 2 atom stereocenters. The zero-order chi connectivity index (χ0) is 37.5. The molecule has 0 spiro atoms. The number of hydrogen-bond acceptors (Lipinski definition) is 5. The van der Waals surface area contributed by atoms with E-state index in [1.807, 2.05) is 6.07 Å². The number of benzene rings is 3. The van der Waals surface area contributed by atoms with Gasteiger partial charge in [-0.1, -0.05) is 47.0 Å². The van der Waals surface area contributed by atoms with Crippen LogP contribution in [0.3, 0.4) is 0 Å². The van der Waals surface area contributed by atoms with Crippen molar-refractivity contribution in [3.8, 4) is 0 Å². The van der Waals surface area contributed by atoms with Gasteiger partial charge in [0.15, 0.2) is 0 Å². The minimum atomic E-state index is -0.653. The van der Waals surface area contributed by atoms with Gasteiger partial charge in [0.1, 0.15) is 23.6 Å². The fourth-order valence-electron chi connectivity index (χ4n) is 6.99. The molecule has 4 aliphatic rings. The molecule has 0 bridgehead atoms. The average molecular weight is 779 g/mol. The Kier molecular flexibility index (Phi) is 12.5. The van der Waals surface area contributed by atoms with Gasteiger partial charge in [-0.25, -0.2) is 13.2 Å². The predicted molar refractivity (Wildman–Crippen MR) is 196 cm³/mol. The number of carbonyl (C=O) groups excluding carboxylic acids is 4. The zero-order valence-corrected chi connectivity index (χ0v) is 30.1. The van der Waals surface area contributed by atoms with Gasteiger partial charge in [0.2, 0.25) is 17.7 Å². The van der Waals surface area contributed by atoms with E-state index in [4.69, 9.17) is 16.2 Å². The van der Waals surface area contributed by atoms with E-state index in [-0.39, 0.29) is 22.4 Å². The Labute approximate surface area is 308 Å². The summed E-state index contributed by atoms with van der Waals surface area (Å²) in [4.78, 5) is 44.8. The largest absolute Gasteiger partial charge is 0.457 e. The van der Waals surface area contributed by atoms with Crippen molar-refractivity contribution in [2.75, 3.05) is 0 Å². The summed E-state index contributed by atoms with van der Waals surface area (Å²) in [5.41, 5.74) is 17.6. The third-order valence-electron chi connectivity index (χ3n) is 9.25. The van der Waals surface area contributed by atoms with E-state index >= 15 is 0 Å². The molecule has 4 aliphatic carbocycles. The number of alkyl halides is 1. The van der Waals surface area contributed by atoms with E-state index in [0.717, 1.165) is 71.1 Å². The first-order valence-electron chi connectivity index (χ1n) is 17.0. The predicted octanol–water partition coefficient (Wildman–Crippen LogP) is 6.41. The molecule has 3 aromatic carbocycles. The molecule has 8 nitrogen and oxygen atoms in total. The number of primary amides is 2. The van der Waals surface area contributed by atoms with Crippen LogP contribution in [0.1, 0.15) is 72.4 Å². The van der Waals surface area contributed by atoms with Gasteiger partial charge < -0.3 is 21.5 Å². The summed E-state index contributed by atoms with van der Waals surface area (Å²) in [5.74, 6) is -2.59. The number of hydrogen-bond donors (Lipinski definition) is 3. The summed E-state index contributed by atoms with van der Waals surface area (Å²) in [6.07, 6.45) is 11.1. The molecule has 3 aromatic rings. The first-order chi connectivity index (χ1) is 24.8. The summed E-state index contributed by atoms with van der Waals surface area (Å²) in [6, 6.07) is 14.0. The SMILES string of the molecule is CC(=O)OC1Cc2ccc(F)cc2/C1=C/C(N)=O.NC(=O)/C=C1/c2cc(F)ccc2CC1Br.O=C(/C=C1\CCc2ccc(F)cc21)NC1CCCC1. The normalized spacial score (nSPS) is 20.7. The maximum atomic E-state index is 13.3. The second kappa shape index (κ2) is 17.0. The van der Waals surface area contributed by atoms with Crippen LogP contribution in [0.5, 0.6) is 0 Å². The molecule has 0 saturated heterocycles. The van der Waals surface area contributed by atoms with Gasteiger partial charge in [-0.15, -0.1) is 0 Å². The monoisotopic (exact) mass is 777 g/mol. The number of esters is 1. The molecule has 1 fully saturated rings. The van der Waals surface area contributed by atoms with Crippen LogP contribution in [0.2, 0.25) is 0 Å². The second-order valence-electron chi connectivity index (χ2n) is 13.0. The quantitative estimate of drug-likeness (QED) is 0.156. The highest BCUT2D eigenvalue weighted by molar-refractivity contribution is 9.09. The van der Waals surface area contributed by atoms with Crippen molar-refractivity contribution in [2.45, 2.75) is 75.3 Å². The van der Waals surface area contributed by atoms with Crippen LogP contribution >= 0.6 is 15.9 Å². The van der Waals surface area contributed by atoms with Crippen LogP contribution in [-0.4, -0.2) is 40.7 Å². The van der Waals surface area contributed by atoms with Gasteiger partial charge in [-0.2, -0.15) is 0 Å². The van der Waals surface area contributed by atoms with Gasteiger partial charge in [0.25, 0.3) is 0 Å². The zero-order valence-electron chi connectivity index (χ0n) is 28.5. The fourth-order valence-corrected chi connectivity index (χ4v) is 7.71. The van der Waals surface area contributed by atoms with Crippen molar-refractivity contribution in [3.05, 3.63) is 124 Å². The molecular weight excluding hydrogens is 739 g/mol. The van der Waals surface area contributed by atoms with E-state index in [9.17, 15) is 32.3 Å². The number of aryl methyl sites for hydroxylation is 1. The average Bonchev–Trinajstić information content (AvgIpc) is 3.86. The first kappa shape index (κ1) is 38.3. The number of ether oxygens (including phenoxy) is 1. The van der Waals surface area contributed by atoms with Crippen molar-refractivity contribution in [2.24, 2.45) is 11.5 Å². The lowest BCUT2D eigenvalue weighted by Crippen LogP contribution is -2.31. The van der Waals surface area contributed by atoms with Gasteiger partial charge in [0, 0.05) is 48.0 Å². The third-order valence-corrected chi connectivity index (χ3v) is 10.1. The lowest BCUT2D eigenvalue weighted by Gasteiger charge is -2.12. The van der Waals surface area contributed by atoms with E-state index in [2.05, 4.69) is 21.2 Å². The summed E-state index contributed by atoms with van der Waals surface area (Å²) < 4.78 is 44.6. The molecule has 272 valence electrons. The Bertz CT molecular complexity index is 1990. The van der Waals surface area contributed by atoms with Crippen LogP contribution in [-0.2, 0) is 43.2 Å². The van der Waals surface area contributed by atoms with Crippen molar-refractivity contribution >= 4 is 56.3 Å². The summed E-state index contributed by atoms with van der Waals surface area (Å²) in [6.45, 7) is 1.28. The van der Waals surface area contributed by atoms with E-state index < -0.39 is 29.7 Å². The summed E-state index contributed by atoms with van der Waals surface area (Å²) >= 11 is 3.44. The van der Waals surface area contributed by atoms with Gasteiger partial charge in [0.05, 0.1) is 0 Å². The van der Waals surface area contributed by atoms with Gasteiger partial charge >= 0.3 is 5.97 Å². The van der Waals surface area contributed by atoms with Crippen LogP contribution in [0.4, 0.5) is 13.2 Å². The highest BCUT2D eigenvalue weighted by Gasteiger charge is 2.30. The Morgan fingerprint density at radius 3 is 1.83 bits per heavy atom. The fraction of sp³-hybridized carbons (Fsp3) is 0.300. The molecule has 0 heterocycles. The molecule has 12 heteroatoms. The molecule has 0 aromatic heterocycles. The minimum Gasteiger partial charge on any atom is -0.457 e. The smallest absolute Gasteiger partial charge is 0.303 e. The summed E-state index contributed by atoms with van der Waals surface area (Å²) in [7, 11) is 0. The van der Waals surface area contributed by atoms with Crippen molar-refractivity contribution in [3.63, 3.8) is 0 Å². The minimum absolute atomic E-state index is 0.0287. The highest BCUT2D eigenvalue weighted by atomic mass is 79.9. The summed E-state index contributed by atoms with van der Waals surface area (Å²) in [5, 5.41) is 3.04. The molecular formula is C40H39BrF3N3O5. The molecule has 52 heavy (non-hydrogen) atoms. The Balaban J connectivity index is 0.000000152. The number of halogens is 4. The molecule has 3 amide bonds. The molecule has 0 aliphatic heterocycles. The Hall–Kier alpha value is -4.97. The van der Waals surface area contributed by atoms with Gasteiger partial charge in [-0.3, -0.25) is 19.2 Å². The van der Waals surface area contributed by atoms with E-state index in [1.165, 1.54) is 68.3 Å². The number of fused-ring (bicyclic) bond motifs is 3. The van der Waals surface area contributed by atoms with Gasteiger partial charge in [-0.05, 0) is 113 Å². The highest BCUT2D eigenvalue weighted by Crippen LogP contribution is 2.37. The third kappa shape index (κ3) is 9.87. The van der Waals surface area contributed by atoms with Crippen LogP contribution < -0.4 is 16.8 Å². The van der Waals surface area contributed by atoms with Crippen molar-refractivity contribution in [1.82, 2.24) is 5.32 Å². The molecule has 5 N–H and O–H groups in total. The maximum Gasteiger partial charge on any atom is 0.303 e. The van der Waals surface area contributed by atoms with E-state index in [0.29, 0.717) is 23.6 Å². The van der Waals surface area contributed by atoms with Crippen LogP contribution in [0, 0.1) is 17.5 Å². The van der Waals surface area contributed by atoms with Crippen LogP contribution in [0.15, 0.2) is 72.8 Å². The molecule has 7 rings (SSSR count). The molecule has 1 saturated carbocycles. The topological polar surface area (TPSA) is 142 Å². The van der Waals surface area contributed by atoms with Crippen LogP contribution in [0.25, 0.3) is 16.7 Å². The number of allylic oxidation sites excluding steroid dienone is 2. The number of rotatable bonds is 5. The lowest BCUT2D eigenvalue weighted by molar-refractivity contribution is -0.143. The van der Waals surface area contributed by atoms with Crippen molar-refractivity contribution in [1.29, 1.82) is 0 Å². The Morgan fingerprint density at radius 1 is 0.731 bits per heavy atom. The number of nitrogens with one attached hydrogen (secondary N) is 1. The maximum absolute atomic E-state index is 13.3.